The van der Waals surface area contributed by atoms with Gasteiger partial charge in [-0.3, -0.25) is 52.7 Å². The number of thiazole rings is 1. The number of pyridine rings is 6. The van der Waals surface area contributed by atoms with Crippen LogP contribution in [0.4, 0.5) is 40.6 Å². The number of benzene rings is 3. The predicted octanol–water partition coefficient (Wildman–Crippen LogP) is 16.1. The van der Waals surface area contributed by atoms with Crippen LogP contribution >= 0.6 is 11.3 Å². The molecule has 2 atom stereocenters. The molecule has 11 aromatic heterocycles. The van der Waals surface area contributed by atoms with Crippen LogP contribution in [0.25, 0.3) is 78.1 Å². The van der Waals surface area contributed by atoms with Gasteiger partial charge in [0, 0.05) is 195 Å². The third-order valence-electron chi connectivity index (χ3n) is 28.1. The minimum absolute atomic E-state index is 0.0692. The average molecular weight is 1850 g/mol. The van der Waals surface area contributed by atoms with Gasteiger partial charge in [-0.05, 0) is 269 Å². The molecule has 5 saturated heterocycles. The van der Waals surface area contributed by atoms with Crippen molar-refractivity contribution in [3.05, 3.63) is 240 Å². The number of hydrogen-bond acceptors (Lipinski definition) is 26. The van der Waals surface area contributed by atoms with Crippen LogP contribution in [-0.2, 0) is 42.6 Å². The van der Waals surface area contributed by atoms with E-state index in [1.54, 1.807) is 52.5 Å². The summed E-state index contributed by atoms with van der Waals surface area (Å²) in [5.41, 5.74) is 15.3. The number of nitrogens with one attached hydrogen (secondary N) is 4. The van der Waals surface area contributed by atoms with E-state index in [9.17, 15) is 19.2 Å². The first-order chi connectivity index (χ1) is 66.4. The number of imidazole rings is 1. The third-order valence-corrected chi connectivity index (χ3v) is 28.9. The number of fused-ring (bicyclic) bond motifs is 3. The number of aromatic nitrogens is 15. The molecule has 30 nitrogen and oxygen atoms in total. The molecule has 21 rings (SSSR count). The van der Waals surface area contributed by atoms with Crippen molar-refractivity contribution in [3.63, 3.8) is 0 Å². The Labute approximate surface area is 796 Å². The van der Waals surface area contributed by atoms with Gasteiger partial charge in [-0.15, -0.1) is 11.3 Å². The molecular weight excluding hydrogens is 1730 g/mol. The molecule has 2 saturated carbocycles. The van der Waals surface area contributed by atoms with Crippen LogP contribution in [-0.4, -0.2) is 217 Å². The molecule has 2 unspecified atom stereocenters. The van der Waals surface area contributed by atoms with Crippen LogP contribution in [0, 0.1) is 19.8 Å². The maximum absolute atomic E-state index is 14.2. The van der Waals surface area contributed by atoms with Crippen molar-refractivity contribution in [1.82, 2.24) is 98.0 Å². The Hall–Kier alpha value is -12.9. The average Bonchev–Trinajstić information content (AvgIpc) is 1.68. The molecule has 3 aromatic carbocycles. The van der Waals surface area contributed by atoms with Gasteiger partial charge in [-0.2, -0.15) is 15.0 Å². The van der Waals surface area contributed by atoms with E-state index in [1.807, 2.05) is 115 Å². The van der Waals surface area contributed by atoms with Crippen LogP contribution in [0.2, 0.25) is 0 Å². The molecule has 0 radical (unpaired) electrons. The van der Waals surface area contributed by atoms with Gasteiger partial charge in [0.15, 0.2) is 0 Å². The lowest BCUT2D eigenvalue weighted by atomic mass is 9.90. The van der Waals surface area contributed by atoms with Gasteiger partial charge in [0.25, 0.3) is 16.7 Å². The number of likely N-dealkylation sites (tertiary alicyclic amines) is 3. The second kappa shape index (κ2) is 42.6. The lowest BCUT2D eigenvalue weighted by Crippen LogP contribution is -2.44. The van der Waals surface area contributed by atoms with Crippen molar-refractivity contribution in [2.24, 2.45) is 13.0 Å². The van der Waals surface area contributed by atoms with Crippen molar-refractivity contribution >= 4 is 90.9 Å². The van der Waals surface area contributed by atoms with Gasteiger partial charge in [-0.25, -0.2) is 24.9 Å². The summed E-state index contributed by atoms with van der Waals surface area (Å²) in [4.78, 5) is 119. The molecule has 2 aliphatic carbocycles. The van der Waals surface area contributed by atoms with Crippen LogP contribution in [0.15, 0.2) is 191 Å². The molecule has 136 heavy (non-hydrogen) atoms. The summed E-state index contributed by atoms with van der Waals surface area (Å²) >= 11 is 1.53. The zero-order chi connectivity index (χ0) is 93.1. The molecule has 1 amide bonds. The van der Waals surface area contributed by atoms with Gasteiger partial charge in [-0.1, -0.05) is 43.9 Å². The SMILES string of the molecule is CN1CCC(Cc2ccc(Nc3ncc4cc(-c5nc(C6CCCC6)cn5C)c(=O)n(Cc5nccs5)c4n3)cc2)CC1.Cc1cc(-c2ccncc2)ncc1-c1cc2cnc(Nc3ccc(OC4CCCN(C)C4)cc3)nc2n(CCN2CCOCC2)c1=O.Cc1cc(C2CCCC2)cnc1-c1cc2cnc(Nc3ccc(N(C)C4CCCNC4)cc3)nc2n(CC(=O)N2CCCC2)c1=O. The van der Waals surface area contributed by atoms with Crippen LogP contribution in [0.3, 0.4) is 0 Å². The molecule has 7 fully saturated rings. The fourth-order valence-electron chi connectivity index (χ4n) is 20.3. The molecule has 31 heteroatoms. The van der Waals surface area contributed by atoms with Crippen molar-refractivity contribution in [2.75, 3.05) is 127 Å². The quantitative estimate of drug-likeness (QED) is 0.0413. The minimum atomic E-state index is -0.265. The fourth-order valence-corrected chi connectivity index (χ4v) is 20.9. The highest BCUT2D eigenvalue weighted by molar-refractivity contribution is 7.09. The Morgan fingerprint density at radius 3 is 1.79 bits per heavy atom. The number of rotatable bonds is 25. The Balaban J connectivity index is 0.000000131. The number of aryl methyl sites for hydroxylation is 3. The van der Waals surface area contributed by atoms with Crippen molar-refractivity contribution in [3.8, 4) is 50.8 Å². The number of amides is 1. The van der Waals surface area contributed by atoms with Crippen LogP contribution in [0.1, 0.15) is 148 Å². The standard InChI is InChI=1S/C36H40N8O3.C36H44N8O2.C33H38N8OS/c1-25-20-33(26-9-11-37-12-10-26)38-23-32(25)31-21-27-22-39-36(41-34(27)44(35(31)45)15-14-43-16-18-46-19-17-43)40-28-5-7-29(8-6-28)47-30-4-3-13-42(2)24-30;1-24-18-26(25-8-3-4-9-25)20-38-33(24)31-19-27-21-39-36(41-34(27)44(35(31)46)23-32(45)43-16-5-6-17-43)40-28-11-13-29(14-12-28)42(2)30-10-7-15-37-22-30;1-39-14-11-23(12-15-39)17-22-7-9-26(10-8-22)36-33-35-19-25-18-27(31-37-28(20-40(31)2)24-5-3-4-6-24)32(42)41(30(25)38-33)21-29-34-13-16-43-29/h5-12,20-23,30H,3-4,13-19,24H2,1-2H3,(H,39,40,41);11-14,18-21,25,30,37H,3-10,15-17,22-23H2,1-2H3,(H,39,40,41);7-10,13,16,18-20,23-24H,3-6,11-12,14-15,17,21H2,1-2H3,(H,35,36,38). The van der Waals surface area contributed by atoms with Gasteiger partial charge < -0.3 is 54.9 Å². The van der Waals surface area contributed by atoms with E-state index in [1.165, 1.54) is 104 Å². The smallest absolute Gasteiger partial charge is 0.263 e. The van der Waals surface area contributed by atoms with E-state index >= 15 is 0 Å². The van der Waals surface area contributed by atoms with Crippen molar-refractivity contribution < 1.29 is 14.3 Å². The predicted molar refractivity (Wildman–Crippen MR) is 538 cm³/mol. The fraction of sp³-hybridized carbons (Fsp3) is 0.419. The third kappa shape index (κ3) is 21.8. The number of carbonyl (C=O) groups excluding carboxylic acids is 1. The number of anilines is 7. The van der Waals surface area contributed by atoms with Crippen LogP contribution in [0.5, 0.6) is 5.75 Å². The zero-order valence-electron chi connectivity index (χ0n) is 78.8. The summed E-state index contributed by atoms with van der Waals surface area (Å²) in [5, 5.41) is 18.5. The molecule has 7 aliphatic rings. The minimum Gasteiger partial charge on any atom is -0.489 e. The maximum Gasteiger partial charge on any atom is 0.263 e. The zero-order valence-corrected chi connectivity index (χ0v) is 79.6. The molecule has 0 bridgehead atoms. The summed E-state index contributed by atoms with van der Waals surface area (Å²) in [6.45, 7) is 16.5. The lowest BCUT2D eigenvalue weighted by molar-refractivity contribution is -0.130. The van der Waals surface area contributed by atoms with Gasteiger partial charge in [0.1, 0.15) is 46.2 Å². The topological polar surface area (TPSA) is 313 Å². The highest BCUT2D eigenvalue weighted by Crippen LogP contribution is 2.39. The molecule has 4 N–H and O–H groups in total. The molecule has 14 aromatic rings. The van der Waals surface area contributed by atoms with E-state index in [0.717, 1.165) is 181 Å². The normalized spacial score (nSPS) is 17.7. The van der Waals surface area contributed by atoms with E-state index in [2.05, 4.69) is 136 Å². The lowest BCUT2D eigenvalue weighted by Gasteiger charge is -2.33. The van der Waals surface area contributed by atoms with Crippen molar-refractivity contribution in [1.29, 1.82) is 0 Å². The Bertz CT molecular complexity index is 6700. The summed E-state index contributed by atoms with van der Waals surface area (Å²) in [5.74, 6) is 4.47. The number of nitrogens with zero attached hydrogens (tertiary/aromatic N) is 20. The highest BCUT2D eigenvalue weighted by atomic mass is 32.1. The van der Waals surface area contributed by atoms with Crippen molar-refractivity contribution in [2.45, 2.75) is 167 Å². The Kier molecular flexibility index (Phi) is 28.8. The van der Waals surface area contributed by atoms with Gasteiger partial charge in [0.2, 0.25) is 23.8 Å². The van der Waals surface area contributed by atoms with E-state index in [-0.39, 0.29) is 35.2 Å². The molecule has 0 spiro atoms. The largest absolute Gasteiger partial charge is 0.489 e. The molecule has 704 valence electrons. The number of hydrogen-bond donors (Lipinski definition) is 4. The number of morpholine rings is 1. The van der Waals surface area contributed by atoms with Gasteiger partial charge >= 0.3 is 0 Å². The van der Waals surface area contributed by atoms with Gasteiger partial charge in [0.05, 0.1) is 48.0 Å². The number of ether oxygens (including phenoxy) is 2. The first kappa shape index (κ1) is 92.2. The Morgan fingerprint density at radius 1 is 0.544 bits per heavy atom. The maximum atomic E-state index is 14.2. The number of carbonyl (C=O) groups is 1. The van der Waals surface area contributed by atoms with Crippen LogP contribution < -0.4 is 47.6 Å². The second-order valence-electron chi connectivity index (χ2n) is 37.8. The summed E-state index contributed by atoms with van der Waals surface area (Å²) in [6, 6.07) is 38.8. The summed E-state index contributed by atoms with van der Waals surface area (Å²) in [7, 11) is 8.45. The summed E-state index contributed by atoms with van der Waals surface area (Å²) < 4.78 is 18.8. The Morgan fingerprint density at radius 2 is 1.16 bits per heavy atom. The number of likely N-dealkylation sites (N-methyl/N-ethyl adjacent to an activating group) is 2. The first-order valence-corrected chi connectivity index (χ1v) is 49.5. The molecule has 16 heterocycles. The van der Waals surface area contributed by atoms with E-state index < -0.39 is 0 Å². The number of piperidine rings is 3. The first-order valence-electron chi connectivity index (χ1n) is 48.6. The van der Waals surface area contributed by atoms with E-state index in [0.29, 0.717) is 119 Å². The monoisotopic (exact) mass is 1850 g/mol. The summed E-state index contributed by atoms with van der Waals surface area (Å²) in [6.07, 6.45) is 36.4. The van der Waals surface area contributed by atoms with E-state index in [4.69, 9.17) is 39.4 Å². The molecular formula is C105H122N24O6S. The second-order valence-corrected chi connectivity index (χ2v) is 38.7. The highest BCUT2D eigenvalue weighted by Gasteiger charge is 2.30. The molecule has 5 aliphatic heterocycles.